The van der Waals surface area contributed by atoms with Crippen LogP contribution in [0.3, 0.4) is 0 Å². The van der Waals surface area contributed by atoms with Gasteiger partial charge in [-0.15, -0.1) is 0 Å². The van der Waals surface area contributed by atoms with Crippen molar-refractivity contribution in [2.75, 3.05) is 5.75 Å². The van der Waals surface area contributed by atoms with Crippen molar-refractivity contribution in [1.82, 2.24) is 5.43 Å². The third kappa shape index (κ3) is 2.50. The van der Waals surface area contributed by atoms with E-state index in [1.807, 2.05) is 0 Å². The molecule has 72 valence electrons. The zero-order valence-electron chi connectivity index (χ0n) is 7.37. The van der Waals surface area contributed by atoms with E-state index in [2.05, 4.69) is 12.3 Å². The molecule has 1 aromatic heterocycles. The Morgan fingerprint density at radius 2 is 2.54 bits per heavy atom. The smallest absolute Gasteiger partial charge is 0.268 e. The van der Waals surface area contributed by atoms with Gasteiger partial charge >= 0.3 is 0 Å². The Hall–Kier alpha value is -0.940. The Morgan fingerprint density at radius 3 is 3.15 bits per heavy atom. The number of nitrogens with one attached hydrogen (secondary N) is 1. The molecule has 1 amide bonds. The van der Waals surface area contributed by atoms with Crippen LogP contribution in [0.2, 0.25) is 0 Å². The highest BCUT2D eigenvalue weighted by atomic mass is 32.2. The van der Waals surface area contributed by atoms with Crippen LogP contribution in [-0.2, 0) is 5.75 Å². The van der Waals surface area contributed by atoms with Crippen molar-refractivity contribution in [1.29, 1.82) is 0 Å². The monoisotopic (exact) mass is 200 g/mol. The number of hydrogen-bond donors (Lipinski definition) is 2. The number of carbonyl (C=O) groups is 1. The van der Waals surface area contributed by atoms with Crippen LogP contribution >= 0.6 is 11.8 Å². The number of nitrogens with two attached hydrogens (primary N) is 1. The lowest BCUT2D eigenvalue weighted by atomic mass is 10.2. The summed E-state index contributed by atoms with van der Waals surface area (Å²) in [6, 6.07) is 1.62. The third-order valence-electron chi connectivity index (χ3n) is 1.56. The molecule has 0 saturated heterocycles. The van der Waals surface area contributed by atoms with Crippen molar-refractivity contribution in [3.8, 4) is 0 Å². The fraction of sp³-hybridized carbons (Fsp3) is 0.375. The molecule has 0 fully saturated rings. The summed E-state index contributed by atoms with van der Waals surface area (Å²) in [4.78, 5) is 11.2. The molecular weight excluding hydrogens is 188 g/mol. The van der Waals surface area contributed by atoms with Gasteiger partial charge in [0, 0.05) is 0 Å². The third-order valence-corrected chi connectivity index (χ3v) is 2.43. The second kappa shape index (κ2) is 4.94. The summed E-state index contributed by atoms with van der Waals surface area (Å²) in [5.41, 5.74) is 2.59. The first-order valence-electron chi connectivity index (χ1n) is 3.94. The quantitative estimate of drug-likeness (QED) is 0.434. The lowest BCUT2D eigenvalue weighted by Gasteiger charge is -1.99. The number of furan rings is 1. The molecule has 13 heavy (non-hydrogen) atoms. The molecule has 5 heteroatoms. The van der Waals surface area contributed by atoms with Crippen molar-refractivity contribution < 1.29 is 9.21 Å². The Balaban J connectivity index is 2.71. The average Bonchev–Trinajstić information content (AvgIpc) is 2.61. The summed E-state index contributed by atoms with van der Waals surface area (Å²) < 4.78 is 5.15. The van der Waals surface area contributed by atoms with Crippen LogP contribution in [0.4, 0.5) is 0 Å². The van der Waals surface area contributed by atoms with Gasteiger partial charge in [-0.05, 0) is 11.8 Å². The first kappa shape index (κ1) is 10.1. The maximum Gasteiger partial charge on any atom is 0.268 e. The van der Waals surface area contributed by atoms with E-state index in [9.17, 15) is 4.79 Å². The molecule has 0 unspecified atom stereocenters. The van der Waals surface area contributed by atoms with Gasteiger partial charge in [0.15, 0.2) is 0 Å². The molecule has 0 aliphatic rings. The maximum absolute atomic E-state index is 11.2. The number of carbonyl (C=O) groups excluding carboxylic acids is 1. The number of hydrazine groups is 1. The SMILES string of the molecule is CCSCc1occc1C(=O)NN. The van der Waals surface area contributed by atoms with Crippen molar-refractivity contribution in [3.63, 3.8) is 0 Å². The van der Waals surface area contributed by atoms with Crippen LogP contribution in [0.25, 0.3) is 0 Å². The van der Waals surface area contributed by atoms with Crippen molar-refractivity contribution in [2.45, 2.75) is 12.7 Å². The molecule has 3 N–H and O–H groups in total. The molecule has 4 nitrogen and oxygen atoms in total. The molecule has 1 rings (SSSR count). The van der Waals surface area contributed by atoms with Gasteiger partial charge in [0.2, 0.25) is 0 Å². The van der Waals surface area contributed by atoms with E-state index >= 15 is 0 Å². The number of hydrogen-bond acceptors (Lipinski definition) is 4. The molecule has 0 spiro atoms. The second-order valence-corrected chi connectivity index (χ2v) is 3.64. The zero-order chi connectivity index (χ0) is 9.68. The fourth-order valence-corrected chi connectivity index (χ4v) is 1.54. The molecular formula is C8H12N2O2S. The van der Waals surface area contributed by atoms with Gasteiger partial charge < -0.3 is 4.42 Å². The van der Waals surface area contributed by atoms with E-state index in [-0.39, 0.29) is 5.91 Å². The van der Waals surface area contributed by atoms with E-state index in [1.165, 1.54) is 6.26 Å². The summed E-state index contributed by atoms with van der Waals surface area (Å²) in [5.74, 6) is 7.07. The van der Waals surface area contributed by atoms with Gasteiger partial charge in [0.1, 0.15) is 5.76 Å². The van der Waals surface area contributed by atoms with Gasteiger partial charge in [-0.25, -0.2) is 5.84 Å². The van der Waals surface area contributed by atoms with Crippen molar-refractivity contribution >= 4 is 17.7 Å². The van der Waals surface area contributed by atoms with E-state index in [1.54, 1.807) is 17.8 Å². The molecule has 1 heterocycles. The van der Waals surface area contributed by atoms with Gasteiger partial charge in [-0.2, -0.15) is 11.8 Å². The van der Waals surface area contributed by atoms with Gasteiger partial charge in [-0.1, -0.05) is 6.92 Å². The van der Waals surface area contributed by atoms with Crippen LogP contribution in [0, 0.1) is 0 Å². The fourth-order valence-electron chi connectivity index (χ4n) is 0.927. The maximum atomic E-state index is 11.2. The summed E-state index contributed by atoms with van der Waals surface area (Å²) in [7, 11) is 0. The molecule has 0 aliphatic heterocycles. The highest BCUT2D eigenvalue weighted by Crippen LogP contribution is 2.17. The predicted octanol–water partition coefficient (Wildman–Crippen LogP) is 1.14. The molecule has 0 saturated carbocycles. The zero-order valence-corrected chi connectivity index (χ0v) is 8.19. The van der Waals surface area contributed by atoms with Crippen LogP contribution in [0.5, 0.6) is 0 Å². The largest absolute Gasteiger partial charge is 0.468 e. The van der Waals surface area contributed by atoms with E-state index in [0.29, 0.717) is 17.1 Å². The van der Waals surface area contributed by atoms with E-state index < -0.39 is 0 Å². The molecule has 0 atom stereocenters. The Bertz CT molecular complexity index is 285. The number of thioether (sulfide) groups is 1. The summed E-state index contributed by atoms with van der Waals surface area (Å²) in [6.45, 7) is 2.05. The van der Waals surface area contributed by atoms with Gasteiger partial charge in [-0.3, -0.25) is 10.2 Å². The van der Waals surface area contributed by atoms with Gasteiger partial charge in [0.25, 0.3) is 5.91 Å². The molecule has 1 aromatic rings. The summed E-state index contributed by atoms with van der Waals surface area (Å²) in [6.07, 6.45) is 1.50. The molecule has 0 bridgehead atoms. The number of amides is 1. The minimum atomic E-state index is -0.305. The first-order valence-corrected chi connectivity index (χ1v) is 5.10. The highest BCUT2D eigenvalue weighted by molar-refractivity contribution is 7.98. The highest BCUT2D eigenvalue weighted by Gasteiger charge is 2.12. The standard InChI is InChI=1S/C8H12N2O2S/c1-2-13-5-7-6(3-4-12-7)8(11)10-9/h3-4H,2,5,9H2,1H3,(H,10,11). The number of nitrogen functional groups attached to an aromatic ring is 1. The minimum absolute atomic E-state index is 0.305. The number of rotatable bonds is 4. The predicted molar refractivity (Wildman–Crippen MR) is 52.2 cm³/mol. The van der Waals surface area contributed by atoms with Crippen molar-refractivity contribution in [3.05, 3.63) is 23.7 Å². The topological polar surface area (TPSA) is 68.3 Å². The molecule has 0 radical (unpaired) electrons. The Labute approximate surface area is 80.8 Å². The normalized spacial score (nSPS) is 10.0. The van der Waals surface area contributed by atoms with E-state index in [4.69, 9.17) is 10.3 Å². The van der Waals surface area contributed by atoms with Crippen LogP contribution in [0.15, 0.2) is 16.7 Å². The van der Waals surface area contributed by atoms with Crippen molar-refractivity contribution in [2.24, 2.45) is 5.84 Å². The van der Waals surface area contributed by atoms with E-state index in [0.717, 1.165) is 5.75 Å². The summed E-state index contributed by atoms with van der Waals surface area (Å²) in [5, 5.41) is 0. The first-order chi connectivity index (χ1) is 6.29. The second-order valence-electron chi connectivity index (χ2n) is 2.37. The van der Waals surface area contributed by atoms with Crippen LogP contribution in [0.1, 0.15) is 23.0 Å². The van der Waals surface area contributed by atoms with Crippen LogP contribution in [-0.4, -0.2) is 11.7 Å². The minimum Gasteiger partial charge on any atom is -0.468 e. The van der Waals surface area contributed by atoms with Gasteiger partial charge in [0.05, 0.1) is 17.6 Å². The average molecular weight is 200 g/mol. The lowest BCUT2D eigenvalue weighted by molar-refractivity contribution is 0.0952. The molecule has 0 aliphatic carbocycles. The summed E-state index contributed by atoms with van der Waals surface area (Å²) >= 11 is 1.69. The lowest BCUT2D eigenvalue weighted by Crippen LogP contribution is -2.30. The Kier molecular flexibility index (Phi) is 3.85. The Morgan fingerprint density at radius 1 is 1.77 bits per heavy atom. The van der Waals surface area contributed by atoms with Crippen LogP contribution < -0.4 is 11.3 Å². The molecule has 0 aromatic carbocycles.